The number of hydrogen-bond donors (Lipinski definition) is 0. The minimum atomic E-state index is -1.03. The number of unbranched alkanes of at least 4 members (excludes halogenated alkanes) is 1. The van der Waals surface area contributed by atoms with Crippen LogP contribution >= 0.6 is 0 Å². The van der Waals surface area contributed by atoms with Crippen LogP contribution in [0.25, 0.3) is 0 Å². The quantitative estimate of drug-likeness (QED) is 0.815. The highest BCUT2D eigenvalue weighted by atomic mass is 19.2. The third-order valence-corrected chi connectivity index (χ3v) is 3.59. The number of aryl methyl sites for hydroxylation is 1. The third kappa shape index (κ3) is 3.84. The molecule has 1 heterocycles. The fourth-order valence-corrected chi connectivity index (χ4v) is 2.27. The molecular formula is C17H19F2N3O2. The van der Waals surface area contributed by atoms with Gasteiger partial charge in [-0.05, 0) is 31.5 Å². The van der Waals surface area contributed by atoms with E-state index in [1.807, 2.05) is 6.92 Å². The maximum Gasteiger partial charge on any atom is 0.278 e. The highest BCUT2D eigenvalue weighted by molar-refractivity contribution is 6.04. The second-order valence-electron chi connectivity index (χ2n) is 5.28. The molecular weight excluding hydrogens is 316 g/mol. The molecule has 128 valence electrons. The van der Waals surface area contributed by atoms with Crippen molar-refractivity contribution in [2.75, 3.05) is 11.4 Å². The molecule has 1 aromatic heterocycles. The number of halogens is 2. The van der Waals surface area contributed by atoms with Gasteiger partial charge in [0.1, 0.15) is 5.69 Å². The molecule has 0 aliphatic rings. The summed E-state index contributed by atoms with van der Waals surface area (Å²) in [6, 6.07) is 5.89. The summed E-state index contributed by atoms with van der Waals surface area (Å²) in [6.07, 6.45) is 1.66. The van der Waals surface area contributed by atoms with E-state index in [0.717, 1.165) is 25.0 Å². The van der Waals surface area contributed by atoms with Gasteiger partial charge in [0.2, 0.25) is 0 Å². The molecule has 0 atom stereocenters. The predicted octanol–water partition coefficient (Wildman–Crippen LogP) is 2.99. The molecule has 2 rings (SSSR count). The van der Waals surface area contributed by atoms with Crippen LogP contribution in [-0.2, 0) is 6.54 Å². The molecule has 24 heavy (non-hydrogen) atoms. The van der Waals surface area contributed by atoms with Gasteiger partial charge in [0.05, 0.1) is 0 Å². The van der Waals surface area contributed by atoms with Crippen LogP contribution in [0.3, 0.4) is 0 Å². The smallest absolute Gasteiger partial charge is 0.278 e. The maximum atomic E-state index is 13.4. The Balaban J connectivity index is 2.34. The number of carbonyl (C=O) groups excluding carboxylic acids is 1. The molecule has 0 aliphatic carbocycles. The lowest BCUT2D eigenvalue weighted by molar-refractivity contribution is 0.0981. The Kier molecular flexibility index (Phi) is 5.78. The molecule has 7 heteroatoms. The number of aromatic nitrogens is 2. The summed E-state index contributed by atoms with van der Waals surface area (Å²) in [5.41, 5.74) is 0.0302. The van der Waals surface area contributed by atoms with Crippen molar-refractivity contribution < 1.29 is 13.6 Å². The van der Waals surface area contributed by atoms with Crippen LogP contribution in [0.15, 0.2) is 35.1 Å². The number of benzene rings is 1. The fraction of sp³-hybridized carbons (Fsp3) is 0.353. The lowest BCUT2D eigenvalue weighted by Crippen LogP contribution is -2.34. The zero-order valence-corrected chi connectivity index (χ0v) is 13.6. The van der Waals surface area contributed by atoms with Crippen LogP contribution in [-0.4, -0.2) is 22.2 Å². The summed E-state index contributed by atoms with van der Waals surface area (Å²) in [5.74, 6) is -2.48. The molecule has 5 nitrogen and oxygen atoms in total. The van der Waals surface area contributed by atoms with E-state index < -0.39 is 17.5 Å². The predicted molar refractivity (Wildman–Crippen MR) is 87.1 cm³/mol. The largest absolute Gasteiger partial charge is 0.307 e. The van der Waals surface area contributed by atoms with Gasteiger partial charge in [-0.3, -0.25) is 9.59 Å². The average Bonchev–Trinajstić information content (AvgIpc) is 2.57. The van der Waals surface area contributed by atoms with E-state index >= 15 is 0 Å². The Morgan fingerprint density at radius 1 is 1.17 bits per heavy atom. The van der Waals surface area contributed by atoms with Crippen LogP contribution < -0.4 is 10.5 Å². The number of amides is 1. The van der Waals surface area contributed by atoms with Crippen molar-refractivity contribution in [1.82, 2.24) is 9.78 Å². The molecule has 1 amide bonds. The minimum absolute atomic E-state index is 0.0808. The summed E-state index contributed by atoms with van der Waals surface area (Å²) in [5, 5.41) is 4.09. The van der Waals surface area contributed by atoms with Crippen molar-refractivity contribution in [3.05, 3.63) is 58.0 Å². The normalized spacial score (nSPS) is 10.7. The van der Waals surface area contributed by atoms with E-state index in [0.29, 0.717) is 6.54 Å². The number of hydrogen-bond acceptors (Lipinski definition) is 3. The molecule has 0 saturated heterocycles. The Morgan fingerprint density at radius 3 is 2.54 bits per heavy atom. The molecule has 1 aromatic carbocycles. The highest BCUT2D eigenvalue weighted by Gasteiger charge is 2.19. The van der Waals surface area contributed by atoms with E-state index in [1.54, 1.807) is 6.92 Å². The van der Waals surface area contributed by atoms with Gasteiger partial charge in [-0.2, -0.15) is 5.10 Å². The second-order valence-corrected chi connectivity index (χ2v) is 5.28. The number of rotatable bonds is 6. The van der Waals surface area contributed by atoms with Crippen LogP contribution in [0.1, 0.15) is 37.2 Å². The summed E-state index contributed by atoms with van der Waals surface area (Å²) < 4.78 is 27.7. The number of nitrogens with zero attached hydrogens (tertiary/aromatic N) is 3. The standard InChI is InChI=1S/C17H19F2N3O2/c1-3-5-10-22-16(23)9-8-15(20-22)17(24)21(4-2)12-6-7-13(18)14(19)11-12/h6-9,11H,3-5,10H2,1-2H3. The van der Waals surface area contributed by atoms with Gasteiger partial charge < -0.3 is 4.90 Å². The lowest BCUT2D eigenvalue weighted by Gasteiger charge is -2.21. The highest BCUT2D eigenvalue weighted by Crippen LogP contribution is 2.19. The first-order valence-electron chi connectivity index (χ1n) is 7.83. The van der Waals surface area contributed by atoms with Gasteiger partial charge in [0.25, 0.3) is 11.5 Å². The molecule has 0 radical (unpaired) electrons. The van der Waals surface area contributed by atoms with Gasteiger partial charge in [0, 0.05) is 30.9 Å². The monoisotopic (exact) mass is 335 g/mol. The van der Waals surface area contributed by atoms with Crippen LogP contribution in [0.4, 0.5) is 14.5 Å². The number of anilines is 1. The van der Waals surface area contributed by atoms with Crippen molar-refractivity contribution in [3.63, 3.8) is 0 Å². The van der Waals surface area contributed by atoms with Crippen molar-refractivity contribution in [2.24, 2.45) is 0 Å². The number of carbonyl (C=O) groups is 1. The molecule has 2 aromatic rings. The average molecular weight is 335 g/mol. The molecule has 0 saturated carbocycles. The molecule has 0 aliphatic heterocycles. The topological polar surface area (TPSA) is 55.2 Å². The van der Waals surface area contributed by atoms with E-state index in [2.05, 4.69) is 5.10 Å². The van der Waals surface area contributed by atoms with Crippen LogP contribution in [0.2, 0.25) is 0 Å². The zero-order valence-electron chi connectivity index (χ0n) is 13.6. The Bertz CT molecular complexity index is 790. The van der Waals surface area contributed by atoms with Crippen LogP contribution in [0, 0.1) is 11.6 Å². The van der Waals surface area contributed by atoms with Gasteiger partial charge >= 0.3 is 0 Å². The van der Waals surface area contributed by atoms with E-state index in [4.69, 9.17) is 0 Å². The second kappa shape index (κ2) is 7.81. The maximum absolute atomic E-state index is 13.4. The summed E-state index contributed by atoms with van der Waals surface area (Å²) in [4.78, 5) is 25.7. The molecule has 0 N–H and O–H groups in total. The molecule has 0 spiro atoms. The SMILES string of the molecule is CCCCn1nc(C(=O)N(CC)c2ccc(F)c(F)c2)ccc1=O. The summed E-state index contributed by atoms with van der Waals surface area (Å²) in [6.45, 7) is 4.38. The fourth-order valence-electron chi connectivity index (χ4n) is 2.27. The first-order valence-corrected chi connectivity index (χ1v) is 7.83. The molecule has 0 bridgehead atoms. The van der Waals surface area contributed by atoms with Gasteiger partial charge in [-0.1, -0.05) is 13.3 Å². The Labute approximate surface area is 138 Å². The van der Waals surface area contributed by atoms with E-state index in [-0.39, 0.29) is 23.5 Å². The molecule has 0 fully saturated rings. The summed E-state index contributed by atoms with van der Waals surface area (Å²) >= 11 is 0. The van der Waals surface area contributed by atoms with E-state index in [9.17, 15) is 18.4 Å². The van der Waals surface area contributed by atoms with Crippen molar-refractivity contribution in [2.45, 2.75) is 33.2 Å². The van der Waals surface area contributed by atoms with Crippen molar-refractivity contribution in [3.8, 4) is 0 Å². The van der Waals surface area contributed by atoms with Crippen molar-refractivity contribution in [1.29, 1.82) is 0 Å². The lowest BCUT2D eigenvalue weighted by atomic mass is 10.2. The minimum Gasteiger partial charge on any atom is -0.307 e. The molecule has 0 unspecified atom stereocenters. The Morgan fingerprint density at radius 2 is 1.92 bits per heavy atom. The zero-order chi connectivity index (χ0) is 17.7. The summed E-state index contributed by atoms with van der Waals surface area (Å²) in [7, 11) is 0. The van der Waals surface area contributed by atoms with Gasteiger partial charge in [-0.15, -0.1) is 0 Å². The van der Waals surface area contributed by atoms with E-state index in [1.165, 1.54) is 27.8 Å². The van der Waals surface area contributed by atoms with Crippen LogP contribution in [0.5, 0.6) is 0 Å². The van der Waals surface area contributed by atoms with Gasteiger partial charge in [0.15, 0.2) is 11.6 Å². The third-order valence-electron chi connectivity index (χ3n) is 3.59. The first-order chi connectivity index (χ1) is 11.5. The Hall–Kier alpha value is -2.57. The van der Waals surface area contributed by atoms with Crippen molar-refractivity contribution >= 4 is 11.6 Å². The first kappa shape index (κ1) is 17.8. The van der Waals surface area contributed by atoms with Gasteiger partial charge in [-0.25, -0.2) is 13.5 Å².